The molecule has 0 spiro atoms. The molecule has 0 saturated heterocycles. The molecule has 1 atom stereocenters. The van der Waals surface area contributed by atoms with Crippen LogP contribution in [0.2, 0.25) is 0 Å². The number of benzene rings is 1. The van der Waals surface area contributed by atoms with Gasteiger partial charge in [-0.25, -0.2) is 13.1 Å². The molecule has 114 valence electrons. The van der Waals surface area contributed by atoms with E-state index in [-0.39, 0.29) is 10.9 Å². The normalized spacial score (nSPS) is 13.0. The summed E-state index contributed by atoms with van der Waals surface area (Å²) in [5.74, 6) is 0. The lowest BCUT2D eigenvalue weighted by atomic mass is 10.1. The minimum atomic E-state index is -3.56. The number of rotatable bonds is 7. The lowest BCUT2D eigenvalue weighted by Crippen LogP contribution is -2.28. The van der Waals surface area contributed by atoms with Gasteiger partial charge < -0.3 is 5.32 Å². The van der Waals surface area contributed by atoms with E-state index >= 15 is 0 Å². The number of hydrogen-bond donors (Lipinski definition) is 2. The average molecular weight is 324 g/mol. The molecule has 0 aliphatic heterocycles. The van der Waals surface area contributed by atoms with E-state index in [2.05, 4.69) is 17.0 Å². The standard InChI is InChI=1S/C15H20N2O2S2/c1-3-7-12(14-9-6-11-20-14)17-21(18,19)15-10-5-4-8-13(15)16-2/h4-6,8-12,16-17H,3,7H2,1-2H3. The Kier molecular flexibility index (Phi) is 5.39. The second kappa shape index (κ2) is 7.06. The minimum absolute atomic E-state index is 0.176. The Labute approximate surface area is 130 Å². The predicted octanol–water partition coefficient (Wildman–Crippen LogP) is 3.61. The summed E-state index contributed by atoms with van der Waals surface area (Å²) in [6.07, 6.45) is 1.69. The molecule has 0 amide bonds. The van der Waals surface area contributed by atoms with Gasteiger partial charge in [-0.1, -0.05) is 31.5 Å². The van der Waals surface area contributed by atoms with Gasteiger partial charge in [-0.2, -0.15) is 0 Å². The van der Waals surface area contributed by atoms with Gasteiger partial charge in [0.15, 0.2) is 0 Å². The van der Waals surface area contributed by atoms with Gasteiger partial charge in [-0.15, -0.1) is 11.3 Å². The molecule has 0 bridgehead atoms. The Balaban J connectivity index is 2.30. The van der Waals surface area contributed by atoms with Crippen molar-refractivity contribution in [2.24, 2.45) is 0 Å². The predicted molar refractivity (Wildman–Crippen MR) is 88.3 cm³/mol. The average Bonchev–Trinajstić information content (AvgIpc) is 3.01. The summed E-state index contributed by atoms with van der Waals surface area (Å²) in [5.41, 5.74) is 0.603. The highest BCUT2D eigenvalue weighted by atomic mass is 32.2. The third kappa shape index (κ3) is 3.84. The van der Waals surface area contributed by atoms with Crippen molar-refractivity contribution >= 4 is 27.0 Å². The summed E-state index contributed by atoms with van der Waals surface area (Å²) in [5, 5.41) is 4.89. The molecule has 1 heterocycles. The molecule has 0 aliphatic carbocycles. The van der Waals surface area contributed by atoms with Gasteiger partial charge in [0.2, 0.25) is 10.0 Å². The summed E-state index contributed by atoms with van der Waals surface area (Å²) in [6.45, 7) is 2.05. The van der Waals surface area contributed by atoms with E-state index < -0.39 is 10.0 Å². The molecule has 4 nitrogen and oxygen atoms in total. The first-order chi connectivity index (χ1) is 10.1. The van der Waals surface area contributed by atoms with E-state index in [0.717, 1.165) is 17.7 Å². The lowest BCUT2D eigenvalue weighted by Gasteiger charge is -2.18. The van der Waals surface area contributed by atoms with Crippen LogP contribution in [0.4, 0.5) is 5.69 Å². The quantitative estimate of drug-likeness (QED) is 0.818. The zero-order valence-electron chi connectivity index (χ0n) is 12.2. The number of thiophene rings is 1. The molecule has 1 aromatic carbocycles. The van der Waals surface area contributed by atoms with Crippen molar-refractivity contribution in [2.45, 2.75) is 30.7 Å². The molecular formula is C15H20N2O2S2. The van der Waals surface area contributed by atoms with Gasteiger partial charge in [0, 0.05) is 11.9 Å². The molecule has 0 fully saturated rings. The molecular weight excluding hydrogens is 304 g/mol. The second-order valence-electron chi connectivity index (χ2n) is 4.72. The Morgan fingerprint density at radius 2 is 1.95 bits per heavy atom. The zero-order valence-corrected chi connectivity index (χ0v) is 13.8. The first-order valence-electron chi connectivity index (χ1n) is 6.91. The summed E-state index contributed by atoms with van der Waals surface area (Å²) < 4.78 is 28.1. The molecule has 0 saturated carbocycles. The van der Waals surface area contributed by atoms with Crippen LogP contribution in [0.25, 0.3) is 0 Å². The van der Waals surface area contributed by atoms with Crippen LogP contribution >= 0.6 is 11.3 Å². The van der Waals surface area contributed by atoms with Gasteiger partial charge in [0.25, 0.3) is 0 Å². The summed E-state index contributed by atoms with van der Waals surface area (Å²) >= 11 is 1.57. The molecule has 0 aliphatic rings. The van der Waals surface area contributed by atoms with Crippen LogP contribution in [0.3, 0.4) is 0 Å². The van der Waals surface area contributed by atoms with Crippen molar-refractivity contribution in [3.8, 4) is 0 Å². The number of para-hydroxylation sites is 1. The van der Waals surface area contributed by atoms with E-state index in [0.29, 0.717) is 5.69 Å². The third-order valence-electron chi connectivity index (χ3n) is 3.21. The highest BCUT2D eigenvalue weighted by Crippen LogP contribution is 2.27. The number of anilines is 1. The van der Waals surface area contributed by atoms with Gasteiger partial charge in [-0.05, 0) is 30.0 Å². The highest BCUT2D eigenvalue weighted by Gasteiger charge is 2.23. The van der Waals surface area contributed by atoms with Crippen molar-refractivity contribution in [2.75, 3.05) is 12.4 Å². The number of sulfonamides is 1. The smallest absolute Gasteiger partial charge is 0.243 e. The monoisotopic (exact) mass is 324 g/mol. The molecule has 2 aromatic rings. The summed E-state index contributed by atoms with van der Waals surface area (Å²) in [6, 6.07) is 10.7. The van der Waals surface area contributed by atoms with Crippen LogP contribution in [0.5, 0.6) is 0 Å². The highest BCUT2D eigenvalue weighted by molar-refractivity contribution is 7.89. The van der Waals surface area contributed by atoms with Crippen molar-refractivity contribution < 1.29 is 8.42 Å². The maximum Gasteiger partial charge on any atom is 0.243 e. The van der Waals surface area contributed by atoms with Crippen LogP contribution in [-0.4, -0.2) is 15.5 Å². The fraction of sp³-hybridized carbons (Fsp3) is 0.333. The molecule has 2 rings (SSSR count). The van der Waals surface area contributed by atoms with E-state index in [1.807, 2.05) is 23.6 Å². The summed E-state index contributed by atoms with van der Waals surface area (Å²) in [7, 11) is -1.84. The Morgan fingerprint density at radius 3 is 2.57 bits per heavy atom. The van der Waals surface area contributed by atoms with Crippen molar-refractivity contribution in [3.05, 3.63) is 46.7 Å². The topological polar surface area (TPSA) is 58.2 Å². The maximum atomic E-state index is 12.6. The summed E-state index contributed by atoms with van der Waals surface area (Å²) in [4.78, 5) is 1.33. The Bertz CT molecular complexity index is 667. The van der Waals surface area contributed by atoms with Crippen molar-refractivity contribution in [3.63, 3.8) is 0 Å². The molecule has 2 N–H and O–H groups in total. The van der Waals surface area contributed by atoms with Crippen LogP contribution in [0.1, 0.15) is 30.7 Å². The van der Waals surface area contributed by atoms with Gasteiger partial charge in [0.05, 0.1) is 11.7 Å². The fourth-order valence-corrected chi connectivity index (χ4v) is 4.55. The van der Waals surface area contributed by atoms with Gasteiger partial charge in [0.1, 0.15) is 4.90 Å². The van der Waals surface area contributed by atoms with E-state index in [4.69, 9.17) is 0 Å². The third-order valence-corrected chi connectivity index (χ3v) is 5.72. The fourth-order valence-electron chi connectivity index (χ4n) is 2.20. The van der Waals surface area contributed by atoms with Crippen molar-refractivity contribution in [1.29, 1.82) is 0 Å². The first kappa shape index (κ1) is 16.0. The van der Waals surface area contributed by atoms with Gasteiger partial charge >= 0.3 is 0 Å². The SMILES string of the molecule is CCCC(NS(=O)(=O)c1ccccc1NC)c1cccs1. The molecule has 21 heavy (non-hydrogen) atoms. The Morgan fingerprint density at radius 1 is 1.19 bits per heavy atom. The van der Waals surface area contributed by atoms with E-state index in [1.54, 1.807) is 36.6 Å². The lowest BCUT2D eigenvalue weighted by molar-refractivity contribution is 0.540. The first-order valence-corrected chi connectivity index (χ1v) is 9.27. The Hall–Kier alpha value is -1.37. The minimum Gasteiger partial charge on any atom is -0.387 e. The second-order valence-corrected chi connectivity index (χ2v) is 7.39. The van der Waals surface area contributed by atoms with Crippen LogP contribution in [0.15, 0.2) is 46.7 Å². The number of hydrogen-bond acceptors (Lipinski definition) is 4. The molecule has 6 heteroatoms. The van der Waals surface area contributed by atoms with Crippen LogP contribution in [-0.2, 0) is 10.0 Å². The molecule has 1 unspecified atom stereocenters. The molecule has 0 radical (unpaired) electrons. The molecule has 1 aromatic heterocycles. The zero-order chi connectivity index (χ0) is 15.3. The maximum absolute atomic E-state index is 12.6. The van der Waals surface area contributed by atoms with Crippen LogP contribution < -0.4 is 10.0 Å². The van der Waals surface area contributed by atoms with Gasteiger partial charge in [-0.3, -0.25) is 0 Å². The largest absolute Gasteiger partial charge is 0.387 e. The van der Waals surface area contributed by atoms with E-state index in [1.165, 1.54) is 0 Å². The van der Waals surface area contributed by atoms with E-state index in [9.17, 15) is 8.42 Å². The van der Waals surface area contributed by atoms with Crippen molar-refractivity contribution in [1.82, 2.24) is 4.72 Å². The number of nitrogens with one attached hydrogen (secondary N) is 2. The van der Waals surface area contributed by atoms with Crippen LogP contribution in [0, 0.1) is 0 Å².